The molecule has 5 rings (SSSR count). The Labute approximate surface area is 273 Å². The van der Waals surface area contributed by atoms with Crippen molar-refractivity contribution in [3.8, 4) is 5.75 Å². The van der Waals surface area contributed by atoms with Gasteiger partial charge in [-0.15, -0.1) is 0 Å². The van der Waals surface area contributed by atoms with Crippen molar-refractivity contribution in [3.05, 3.63) is 52.4 Å². The molecule has 244 valence electrons. The number of benzene rings is 2. The van der Waals surface area contributed by atoms with Gasteiger partial charge in [-0.25, -0.2) is 17.8 Å². The largest absolute Gasteiger partial charge is 0.494 e. The molecular weight excluding hydrogens is 663 g/mol. The minimum absolute atomic E-state index is 0.0584. The Hall–Kier alpha value is -3.20. The molecule has 2 fully saturated rings. The molecule has 0 amide bonds. The van der Waals surface area contributed by atoms with Gasteiger partial charge in [0.2, 0.25) is 16.0 Å². The molecule has 0 spiro atoms. The summed E-state index contributed by atoms with van der Waals surface area (Å²) in [6, 6.07) is 9.14. The molecule has 3 N–H and O–H groups in total. The van der Waals surface area contributed by atoms with Crippen LogP contribution in [-0.2, 0) is 10.0 Å². The van der Waals surface area contributed by atoms with E-state index in [-0.39, 0.29) is 5.69 Å². The number of sulfonamides is 1. The van der Waals surface area contributed by atoms with Crippen LogP contribution >= 0.6 is 15.9 Å². The Kier molecular flexibility index (Phi) is 10.4. The van der Waals surface area contributed by atoms with Crippen LogP contribution in [0.4, 0.5) is 38.9 Å². The summed E-state index contributed by atoms with van der Waals surface area (Å²) in [4.78, 5) is 16.5. The Balaban J connectivity index is 1.29. The van der Waals surface area contributed by atoms with E-state index in [0.717, 1.165) is 56.0 Å². The Morgan fingerprint density at radius 2 is 1.80 bits per heavy atom. The number of nitrogens with zero attached hydrogens (tertiary/aromatic N) is 5. The first-order chi connectivity index (χ1) is 21.4. The minimum Gasteiger partial charge on any atom is -0.494 e. The van der Waals surface area contributed by atoms with E-state index >= 15 is 0 Å². The van der Waals surface area contributed by atoms with Crippen molar-refractivity contribution in [2.45, 2.75) is 44.7 Å². The molecule has 0 bridgehead atoms. The number of likely N-dealkylation sites (tertiary alicyclic amines) is 1. The lowest BCUT2D eigenvalue weighted by molar-refractivity contribution is 0.0846. The average molecular weight is 706 g/mol. The molecule has 11 nitrogen and oxygen atoms in total. The van der Waals surface area contributed by atoms with Crippen LogP contribution in [0.15, 0.2) is 41.0 Å². The Morgan fingerprint density at radius 3 is 2.49 bits per heavy atom. The van der Waals surface area contributed by atoms with Gasteiger partial charge in [0.25, 0.3) is 0 Å². The minimum atomic E-state index is -3.64. The Bertz CT molecular complexity index is 1620. The van der Waals surface area contributed by atoms with Gasteiger partial charge in [0.05, 0.1) is 34.9 Å². The van der Waals surface area contributed by atoms with Crippen molar-refractivity contribution in [1.82, 2.24) is 19.8 Å². The van der Waals surface area contributed by atoms with Gasteiger partial charge >= 0.3 is 0 Å². The molecule has 3 heterocycles. The lowest BCUT2D eigenvalue weighted by atomic mass is 9.96. The SMILES string of the molecule is COc1cc(N2CCC(N3CCCC(N(C)C)C3)CC2)c(C)cc1Nc1ncc(Br)c(Nc2ccc(F)cc2NS(C)(=O)=O)n1. The van der Waals surface area contributed by atoms with E-state index in [1.54, 1.807) is 13.3 Å². The van der Waals surface area contributed by atoms with Crippen molar-refractivity contribution in [2.24, 2.45) is 0 Å². The molecule has 1 atom stereocenters. The van der Waals surface area contributed by atoms with Gasteiger partial charge in [0.15, 0.2) is 0 Å². The molecule has 45 heavy (non-hydrogen) atoms. The summed E-state index contributed by atoms with van der Waals surface area (Å²) in [6.07, 6.45) is 7.40. The van der Waals surface area contributed by atoms with Crippen molar-refractivity contribution < 1.29 is 17.5 Å². The lowest BCUT2D eigenvalue weighted by Crippen LogP contribution is -2.52. The summed E-state index contributed by atoms with van der Waals surface area (Å²) >= 11 is 3.44. The summed E-state index contributed by atoms with van der Waals surface area (Å²) < 4.78 is 46.2. The molecule has 14 heteroatoms. The fourth-order valence-electron chi connectivity index (χ4n) is 6.17. The van der Waals surface area contributed by atoms with Crippen LogP contribution in [0.3, 0.4) is 0 Å². The van der Waals surface area contributed by atoms with Gasteiger partial charge in [-0.2, -0.15) is 4.98 Å². The smallest absolute Gasteiger partial charge is 0.229 e. The van der Waals surface area contributed by atoms with E-state index < -0.39 is 15.8 Å². The second kappa shape index (κ2) is 14.1. The summed E-state index contributed by atoms with van der Waals surface area (Å²) in [6.45, 7) is 6.44. The first kappa shape index (κ1) is 33.2. The lowest BCUT2D eigenvalue weighted by Gasteiger charge is -2.44. The molecular formula is C31H42BrFN8O3S. The second-order valence-electron chi connectivity index (χ2n) is 12.0. The van der Waals surface area contributed by atoms with Crippen molar-refractivity contribution in [1.29, 1.82) is 0 Å². The van der Waals surface area contributed by atoms with E-state index in [0.29, 0.717) is 45.4 Å². The number of piperidine rings is 2. The number of anilines is 6. The van der Waals surface area contributed by atoms with E-state index in [1.807, 2.05) is 6.07 Å². The van der Waals surface area contributed by atoms with Gasteiger partial charge < -0.3 is 25.2 Å². The second-order valence-corrected chi connectivity index (χ2v) is 14.6. The number of hydrogen-bond donors (Lipinski definition) is 3. The van der Waals surface area contributed by atoms with Crippen LogP contribution in [0.5, 0.6) is 5.75 Å². The van der Waals surface area contributed by atoms with E-state index in [1.165, 1.54) is 31.5 Å². The van der Waals surface area contributed by atoms with Gasteiger partial charge in [-0.1, -0.05) is 0 Å². The highest BCUT2D eigenvalue weighted by molar-refractivity contribution is 9.10. The quantitative estimate of drug-likeness (QED) is 0.248. The van der Waals surface area contributed by atoms with Crippen LogP contribution in [0, 0.1) is 12.7 Å². The van der Waals surface area contributed by atoms with E-state index in [9.17, 15) is 12.8 Å². The topological polar surface area (TPSA) is 115 Å². The third kappa shape index (κ3) is 8.34. The summed E-state index contributed by atoms with van der Waals surface area (Å²) in [7, 11) is 2.38. The number of methoxy groups -OCH3 is 1. The predicted molar refractivity (Wildman–Crippen MR) is 182 cm³/mol. The monoisotopic (exact) mass is 704 g/mol. The zero-order chi connectivity index (χ0) is 32.3. The maximum absolute atomic E-state index is 13.9. The standard InChI is InChI=1S/C31H42BrFN8O3S/c1-20-15-27(29(44-4)17-28(20)40-13-10-22(11-14-40)41-12-6-7-23(19-41)39(2)3)36-31-34-18-24(32)30(37-31)35-25-9-8-21(33)16-26(25)38-45(5,42)43/h8-9,15-18,22-23,38H,6-7,10-14,19H2,1-5H3,(H2,34,35,36,37). The molecule has 2 aromatic carbocycles. The van der Waals surface area contributed by atoms with Gasteiger partial charge in [-0.05, 0) is 92.9 Å². The summed E-state index contributed by atoms with van der Waals surface area (Å²) in [5, 5.41) is 6.33. The van der Waals surface area contributed by atoms with Crippen LogP contribution < -0.4 is 25.0 Å². The number of halogens is 2. The molecule has 0 saturated carbocycles. The zero-order valence-electron chi connectivity index (χ0n) is 26.4. The number of rotatable bonds is 10. The molecule has 2 aliphatic rings. The highest BCUT2D eigenvalue weighted by Gasteiger charge is 2.30. The number of nitrogens with one attached hydrogen (secondary N) is 3. The summed E-state index contributed by atoms with van der Waals surface area (Å²) in [5.74, 6) is 0.744. The zero-order valence-corrected chi connectivity index (χ0v) is 28.8. The fourth-order valence-corrected chi connectivity index (χ4v) is 7.02. The van der Waals surface area contributed by atoms with Crippen LogP contribution in [0.25, 0.3) is 0 Å². The normalized spacial score (nSPS) is 18.2. The molecule has 2 aliphatic heterocycles. The summed E-state index contributed by atoms with van der Waals surface area (Å²) in [5.41, 5.74) is 3.36. The number of likely N-dealkylation sites (N-methyl/N-ethyl adjacent to an activating group) is 1. The number of hydrogen-bond acceptors (Lipinski definition) is 10. The number of aryl methyl sites for hydroxylation is 1. The van der Waals surface area contributed by atoms with Crippen molar-refractivity contribution in [2.75, 3.05) is 73.9 Å². The van der Waals surface area contributed by atoms with Crippen LogP contribution in [0.1, 0.15) is 31.2 Å². The molecule has 0 aliphatic carbocycles. The maximum Gasteiger partial charge on any atom is 0.229 e. The predicted octanol–water partition coefficient (Wildman–Crippen LogP) is 5.55. The molecule has 1 aromatic heterocycles. The highest BCUT2D eigenvalue weighted by Crippen LogP contribution is 2.37. The van der Waals surface area contributed by atoms with Gasteiger partial charge in [0.1, 0.15) is 17.4 Å². The molecule has 0 radical (unpaired) electrons. The van der Waals surface area contributed by atoms with E-state index in [4.69, 9.17) is 4.74 Å². The third-order valence-corrected chi connectivity index (χ3v) is 9.69. The first-order valence-corrected chi connectivity index (χ1v) is 17.8. The van der Waals surface area contributed by atoms with E-state index in [2.05, 4.69) is 83.0 Å². The molecule has 1 unspecified atom stereocenters. The number of ether oxygens (including phenoxy) is 1. The van der Waals surface area contributed by atoms with Gasteiger partial charge in [0, 0.05) is 55.7 Å². The third-order valence-electron chi connectivity index (χ3n) is 8.52. The highest BCUT2D eigenvalue weighted by atomic mass is 79.9. The first-order valence-electron chi connectivity index (χ1n) is 15.1. The van der Waals surface area contributed by atoms with Crippen LogP contribution in [-0.4, -0.2) is 93.9 Å². The van der Waals surface area contributed by atoms with Crippen molar-refractivity contribution in [3.63, 3.8) is 0 Å². The average Bonchev–Trinajstić information content (AvgIpc) is 2.99. The molecule has 2 saturated heterocycles. The van der Waals surface area contributed by atoms with Crippen LogP contribution in [0.2, 0.25) is 0 Å². The molecule has 3 aromatic rings. The fraction of sp³-hybridized carbons (Fsp3) is 0.484. The Morgan fingerprint density at radius 1 is 1.04 bits per heavy atom. The van der Waals surface area contributed by atoms with Crippen molar-refractivity contribution >= 4 is 60.5 Å². The maximum atomic E-state index is 13.9. The number of aromatic nitrogens is 2. The van der Waals surface area contributed by atoms with Gasteiger partial charge in [-0.3, -0.25) is 9.62 Å².